The molecule has 0 aromatic carbocycles. The Kier molecular flexibility index (Phi) is 2.05. The molecule has 2 heterocycles. The van der Waals surface area contributed by atoms with Crippen molar-refractivity contribution in [1.29, 1.82) is 0 Å². The van der Waals surface area contributed by atoms with Crippen LogP contribution in [0.2, 0.25) is 5.15 Å². The van der Waals surface area contributed by atoms with Gasteiger partial charge in [-0.3, -0.25) is 0 Å². The fourth-order valence-electron chi connectivity index (χ4n) is 1.08. The summed E-state index contributed by atoms with van der Waals surface area (Å²) in [6.45, 7) is 4.09. The molecule has 0 aliphatic carbocycles. The zero-order valence-corrected chi connectivity index (χ0v) is 7.94. The summed E-state index contributed by atoms with van der Waals surface area (Å²) < 4.78 is 1.55. The van der Waals surface area contributed by atoms with Crippen molar-refractivity contribution in [2.24, 2.45) is 0 Å². The van der Waals surface area contributed by atoms with Crippen molar-refractivity contribution in [3.05, 3.63) is 17.8 Å². The number of aromatic nitrogens is 5. The maximum Gasteiger partial charge on any atom is 0.223 e. The Hall–Kier alpha value is -1.69. The number of halogens is 1. The van der Waals surface area contributed by atoms with Gasteiger partial charge in [0.05, 0.1) is 6.54 Å². The van der Waals surface area contributed by atoms with Crippen LogP contribution in [0.5, 0.6) is 0 Å². The van der Waals surface area contributed by atoms with Crippen molar-refractivity contribution in [1.82, 2.24) is 25.0 Å². The van der Waals surface area contributed by atoms with Crippen LogP contribution in [0, 0.1) is 0 Å². The molecular formula is C7H7ClN6. The summed E-state index contributed by atoms with van der Waals surface area (Å²) in [4.78, 5) is 7.75. The van der Waals surface area contributed by atoms with Gasteiger partial charge in [-0.15, -0.1) is 11.7 Å². The molecular weight excluding hydrogens is 204 g/mol. The molecule has 6 nitrogen and oxygen atoms in total. The fraction of sp³-hybridized carbons (Fsp3) is 0.143. The zero-order chi connectivity index (χ0) is 10.1. The summed E-state index contributed by atoms with van der Waals surface area (Å²) in [5.41, 5.74) is 6.41. The van der Waals surface area contributed by atoms with Crippen LogP contribution in [0.15, 0.2) is 12.7 Å². The SMILES string of the molecule is C=CCn1nnc2c(Cl)nc(N)nc21. The molecule has 0 spiro atoms. The van der Waals surface area contributed by atoms with E-state index in [0.717, 1.165) is 0 Å². The third kappa shape index (κ3) is 1.29. The number of hydrogen-bond donors (Lipinski definition) is 1. The smallest absolute Gasteiger partial charge is 0.223 e. The van der Waals surface area contributed by atoms with E-state index >= 15 is 0 Å². The second-order valence-electron chi connectivity index (χ2n) is 2.61. The second-order valence-corrected chi connectivity index (χ2v) is 2.96. The molecule has 0 radical (unpaired) electrons. The summed E-state index contributed by atoms with van der Waals surface area (Å²) >= 11 is 5.80. The van der Waals surface area contributed by atoms with E-state index in [-0.39, 0.29) is 11.1 Å². The first-order valence-electron chi connectivity index (χ1n) is 3.85. The monoisotopic (exact) mass is 210 g/mol. The zero-order valence-electron chi connectivity index (χ0n) is 7.18. The van der Waals surface area contributed by atoms with E-state index in [1.165, 1.54) is 0 Å². The van der Waals surface area contributed by atoms with Crippen molar-refractivity contribution in [2.75, 3.05) is 5.73 Å². The molecule has 14 heavy (non-hydrogen) atoms. The summed E-state index contributed by atoms with van der Waals surface area (Å²) in [6.07, 6.45) is 1.68. The quantitative estimate of drug-likeness (QED) is 0.581. The molecule has 0 atom stereocenters. The third-order valence-electron chi connectivity index (χ3n) is 1.64. The van der Waals surface area contributed by atoms with E-state index < -0.39 is 0 Å². The molecule has 0 aliphatic rings. The molecule has 0 amide bonds. The van der Waals surface area contributed by atoms with Crippen LogP contribution >= 0.6 is 11.6 Å². The maximum absolute atomic E-state index is 5.80. The molecule has 2 rings (SSSR count). The third-order valence-corrected chi connectivity index (χ3v) is 1.90. The van der Waals surface area contributed by atoms with Crippen LogP contribution in [0.1, 0.15) is 0 Å². The van der Waals surface area contributed by atoms with Gasteiger partial charge in [-0.1, -0.05) is 22.9 Å². The molecule has 0 saturated carbocycles. The Labute approximate surface area is 84.4 Å². The minimum atomic E-state index is 0.107. The number of fused-ring (bicyclic) bond motifs is 1. The van der Waals surface area contributed by atoms with Gasteiger partial charge in [0.2, 0.25) is 5.95 Å². The van der Waals surface area contributed by atoms with E-state index in [9.17, 15) is 0 Å². The lowest BCUT2D eigenvalue weighted by atomic mass is 10.5. The van der Waals surface area contributed by atoms with E-state index in [1.54, 1.807) is 10.8 Å². The highest BCUT2D eigenvalue weighted by atomic mass is 35.5. The van der Waals surface area contributed by atoms with Crippen LogP contribution in [0.4, 0.5) is 5.95 Å². The average molecular weight is 211 g/mol. The lowest BCUT2D eigenvalue weighted by molar-refractivity contribution is 0.677. The molecule has 0 saturated heterocycles. The lowest BCUT2D eigenvalue weighted by Crippen LogP contribution is -2.01. The van der Waals surface area contributed by atoms with Crippen LogP contribution in [0.3, 0.4) is 0 Å². The second kappa shape index (κ2) is 3.22. The number of rotatable bonds is 2. The van der Waals surface area contributed by atoms with Crippen molar-refractivity contribution < 1.29 is 0 Å². The van der Waals surface area contributed by atoms with E-state index in [4.69, 9.17) is 17.3 Å². The van der Waals surface area contributed by atoms with Crippen LogP contribution < -0.4 is 5.73 Å². The van der Waals surface area contributed by atoms with Crippen LogP contribution in [-0.2, 0) is 6.54 Å². The van der Waals surface area contributed by atoms with Gasteiger partial charge in [-0.25, -0.2) is 4.68 Å². The van der Waals surface area contributed by atoms with E-state index in [0.29, 0.717) is 17.7 Å². The number of nitrogens with zero attached hydrogens (tertiary/aromatic N) is 5. The first-order valence-corrected chi connectivity index (χ1v) is 4.23. The van der Waals surface area contributed by atoms with Gasteiger partial charge in [0.25, 0.3) is 0 Å². The first-order chi connectivity index (χ1) is 6.72. The van der Waals surface area contributed by atoms with Gasteiger partial charge >= 0.3 is 0 Å². The van der Waals surface area contributed by atoms with Gasteiger partial charge in [0.1, 0.15) is 0 Å². The molecule has 2 aromatic rings. The standard InChI is InChI=1S/C7H7ClN6/c1-2-3-14-6-4(12-13-14)5(8)10-7(9)11-6/h2H,1,3H2,(H2,9,10,11). The van der Waals surface area contributed by atoms with Crippen molar-refractivity contribution in [2.45, 2.75) is 6.54 Å². The highest BCUT2D eigenvalue weighted by Gasteiger charge is 2.10. The predicted octanol–water partition coefficient (Wildman–Crippen LogP) is 0.643. The molecule has 7 heteroatoms. The maximum atomic E-state index is 5.80. The van der Waals surface area contributed by atoms with Gasteiger partial charge in [0, 0.05) is 0 Å². The highest BCUT2D eigenvalue weighted by Crippen LogP contribution is 2.17. The fourth-order valence-corrected chi connectivity index (χ4v) is 1.29. The van der Waals surface area contributed by atoms with Gasteiger partial charge in [-0.2, -0.15) is 9.97 Å². The van der Waals surface area contributed by atoms with Crippen molar-refractivity contribution in [3.63, 3.8) is 0 Å². The minimum Gasteiger partial charge on any atom is -0.368 e. The predicted molar refractivity (Wildman–Crippen MR) is 52.7 cm³/mol. The van der Waals surface area contributed by atoms with E-state index in [2.05, 4.69) is 26.9 Å². The molecule has 2 N–H and O–H groups in total. The Balaban J connectivity index is 2.71. The van der Waals surface area contributed by atoms with Crippen LogP contribution in [-0.4, -0.2) is 25.0 Å². The lowest BCUT2D eigenvalue weighted by Gasteiger charge is -1.97. The summed E-state index contributed by atoms with van der Waals surface area (Å²) in [5, 5.41) is 7.88. The largest absolute Gasteiger partial charge is 0.368 e. The molecule has 2 aromatic heterocycles. The summed E-state index contributed by atoms with van der Waals surface area (Å²) in [7, 11) is 0. The number of nitrogens with two attached hydrogens (primary N) is 1. The first kappa shape index (κ1) is 8.89. The van der Waals surface area contributed by atoms with Crippen molar-refractivity contribution in [3.8, 4) is 0 Å². The Morgan fingerprint density at radius 1 is 1.50 bits per heavy atom. The van der Waals surface area contributed by atoms with Gasteiger partial charge in [-0.05, 0) is 0 Å². The average Bonchev–Trinajstić information content (AvgIpc) is 2.49. The molecule has 0 unspecified atom stereocenters. The van der Waals surface area contributed by atoms with E-state index in [1.807, 2.05) is 0 Å². The van der Waals surface area contributed by atoms with Gasteiger partial charge < -0.3 is 5.73 Å². The number of anilines is 1. The normalized spacial score (nSPS) is 10.6. The summed E-state index contributed by atoms with van der Waals surface area (Å²) in [6, 6.07) is 0. The Morgan fingerprint density at radius 2 is 2.29 bits per heavy atom. The summed E-state index contributed by atoms with van der Waals surface area (Å²) in [5.74, 6) is 0.107. The Bertz CT molecular complexity index is 490. The van der Waals surface area contributed by atoms with Crippen molar-refractivity contribution >= 4 is 28.7 Å². The molecule has 72 valence electrons. The highest BCUT2D eigenvalue weighted by molar-refractivity contribution is 6.33. The molecule has 0 fully saturated rings. The topological polar surface area (TPSA) is 82.5 Å². The minimum absolute atomic E-state index is 0.107. The number of hydrogen-bond acceptors (Lipinski definition) is 5. The van der Waals surface area contributed by atoms with Crippen LogP contribution in [0.25, 0.3) is 11.2 Å². The number of allylic oxidation sites excluding steroid dienone is 1. The number of nitrogen functional groups attached to an aromatic ring is 1. The molecule has 0 aliphatic heterocycles. The Morgan fingerprint density at radius 3 is 3.00 bits per heavy atom. The van der Waals surface area contributed by atoms with Gasteiger partial charge in [0.15, 0.2) is 16.3 Å². The molecule has 0 bridgehead atoms.